The second-order valence-corrected chi connectivity index (χ2v) is 6.48. The quantitative estimate of drug-likeness (QED) is 0.636. The van der Waals surface area contributed by atoms with Crippen molar-refractivity contribution in [1.29, 1.82) is 0 Å². The Bertz CT molecular complexity index is 758. The molecule has 1 heterocycles. The van der Waals surface area contributed by atoms with Crippen molar-refractivity contribution in [2.45, 2.75) is 31.6 Å². The fourth-order valence-electron chi connectivity index (χ4n) is 3.11. The lowest BCUT2D eigenvalue weighted by Gasteiger charge is -2.15. The third-order valence-corrected chi connectivity index (χ3v) is 4.76. The van der Waals surface area contributed by atoms with Crippen LogP contribution in [0.1, 0.15) is 47.7 Å². The van der Waals surface area contributed by atoms with E-state index in [1.165, 1.54) is 0 Å². The van der Waals surface area contributed by atoms with E-state index >= 15 is 0 Å². The molecule has 2 aromatic rings. The number of carbonyl (C=O) groups is 1. The van der Waals surface area contributed by atoms with Gasteiger partial charge in [0.05, 0.1) is 23.1 Å². The van der Waals surface area contributed by atoms with Gasteiger partial charge in [-0.3, -0.25) is 4.79 Å². The van der Waals surface area contributed by atoms with Crippen LogP contribution >= 0.6 is 15.9 Å². The van der Waals surface area contributed by atoms with Gasteiger partial charge in [-0.05, 0) is 40.9 Å². The first kappa shape index (κ1) is 15.7. The van der Waals surface area contributed by atoms with E-state index < -0.39 is 5.91 Å². The number of guanidine groups is 1. The van der Waals surface area contributed by atoms with Crippen LogP contribution in [-0.2, 0) is 0 Å². The van der Waals surface area contributed by atoms with Crippen LogP contribution in [0.25, 0.3) is 5.69 Å². The van der Waals surface area contributed by atoms with Crippen LogP contribution in [0.5, 0.6) is 0 Å². The molecule has 0 aliphatic heterocycles. The van der Waals surface area contributed by atoms with Crippen molar-refractivity contribution in [1.82, 2.24) is 9.78 Å². The number of amides is 1. The first-order valence-corrected chi connectivity index (χ1v) is 8.34. The van der Waals surface area contributed by atoms with Gasteiger partial charge >= 0.3 is 0 Å². The van der Waals surface area contributed by atoms with Gasteiger partial charge in [0.2, 0.25) is 0 Å². The van der Waals surface area contributed by atoms with Gasteiger partial charge in [0.25, 0.3) is 5.91 Å². The smallest absolute Gasteiger partial charge is 0.283 e. The Balaban J connectivity index is 2.14. The maximum absolute atomic E-state index is 12.3. The van der Waals surface area contributed by atoms with Crippen LogP contribution in [0.4, 0.5) is 0 Å². The van der Waals surface area contributed by atoms with E-state index in [1.54, 1.807) is 6.20 Å². The van der Waals surface area contributed by atoms with Crippen molar-refractivity contribution in [3.63, 3.8) is 0 Å². The first-order chi connectivity index (χ1) is 11.1. The zero-order chi connectivity index (χ0) is 16.4. The highest BCUT2D eigenvalue weighted by Crippen LogP contribution is 2.38. The van der Waals surface area contributed by atoms with Crippen LogP contribution in [0.2, 0.25) is 0 Å². The number of benzene rings is 1. The van der Waals surface area contributed by atoms with Gasteiger partial charge in [-0.2, -0.15) is 10.1 Å². The number of carbonyl (C=O) groups excluding carboxylic acids is 1. The monoisotopic (exact) mass is 375 g/mol. The van der Waals surface area contributed by atoms with E-state index in [1.807, 2.05) is 28.9 Å². The molecular formula is C16H18BrN5O. The molecule has 23 heavy (non-hydrogen) atoms. The minimum Gasteiger partial charge on any atom is -0.370 e. The summed E-state index contributed by atoms with van der Waals surface area (Å²) in [6.07, 6.45) is 5.95. The van der Waals surface area contributed by atoms with E-state index in [9.17, 15) is 4.79 Å². The number of hydrogen-bond donors (Lipinski definition) is 2. The summed E-state index contributed by atoms with van der Waals surface area (Å²) in [5.74, 6) is -0.385. The fourth-order valence-corrected chi connectivity index (χ4v) is 3.56. The predicted octanol–water partition coefficient (Wildman–Crippen LogP) is 2.71. The van der Waals surface area contributed by atoms with Gasteiger partial charge in [0.15, 0.2) is 5.96 Å². The molecule has 0 radical (unpaired) electrons. The Morgan fingerprint density at radius 1 is 1.26 bits per heavy atom. The molecule has 1 amide bonds. The molecule has 7 heteroatoms. The Kier molecular flexibility index (Phi) is 4.47. The van der Waals surface area contributed by atoms with Crippen LogP contribution in [0.3, 0.4) is 0 Å². The number of hydrogen-bond acceptors (Lipinski definition) is 2. The van der Waals surface area contributed by atoms with Crippen molar-refractivity contribution in [3.8, 4) is 5.69 Å². The molecule has 1 saturated carbocycles. The SMILES string of the molecule is NC(N)=NC(=O)c1cnn(-c2ccccc2Br)c1C1CCCC1. The van der Waals surface area contributed by atoms with E-state index in [2.05, 4.69) is 26.0 Å². The highest BCUT2D eigenvalue weighted by molar-refractivity contribution is 9.10. The topological polar surface area (TPSA) is 99.3 Å². The summed E-state index contributed by atoms with van der Waals surface area (Å²) in [4.78, 5) is 16.0. The fraction of sp³-hybridized carbons (Fsp3) is 0.312. The third kappa shape index (κ3) is 3.14. The highest BCUT2D eigenvalue weighted by atomic mass is 79.9. The summed E-state index contributed by atoms with van der Waals surface area (Å²) in [7, 11) is 0. The van der Waals surface area contributed by atoms with E-state index in [4.69, 9.17) is 11.5 Å². The molecule has 1 aromatic carbocycles. The standard InChI is InChI=1S/C16H18BrN5O/c17-12-7-3-4-8-13(12)22-14(10-5-1-2-6-10)11(9-20-22)15(23)21-16(18)19/h3-4,7-10H,1-2,5-6H2,(H4,18,19,21,23). The molecule has 0 bridgehead atoms. The van der Waals surface area contributed by atoms with Gasteiger partial charge < -0.3 is 11.5 Å². The van der Waals surface area contributed by atoms with Crippen LogP contribution in [-0.4, -0.2) is 21.6 Å². The number of aromatic nitrogens is 2. The molecule has 1 fully saturated rings. The van der Waals surface area contributed by atoms with Crippen LogP contribution in [0.15, 0.2) is 39.9 Å². The zero-order valence-corrected chi connectivity index (χ0v) is 14.2. The lowest BCUT2D eigenvalue weighted by molar-refractivity contribution is 0.100. The summed E-state index contributed by atoms with van der Waals surface area (Å²) >= 11 is 3.55. The number of nitrogens with zero attached hydrogens (tertiary/aromatic N) is 3. The Labute approximate surface area is 142 Å². The van der Waals surface area contributed by atoms with Gasteiger partial charge in [-0.1, -0.05) is 25.0 Å². The van der Waals surface area contributed by atoms with Gasteiger partial charge in [0.1, 0.15) is 0 Å². The van der Waals surface area contributed by atoms with E-state index in [0.29, 0.717) is 5.56 Å². The maximum Gasteiger partial charge on any atom is 0.283 e. The summed E-state index contributed by atoms with van der Waals surface area (Å²) in [5, 5.41) is 4.44. The van der Waals surface area contributed by atoms with Crippen molar-refractivity contribution in [3.05, 3.63) is 46.2 Å². The van der Waals surface area contributed by atoms with E-state index in [0.717, 1.165) is 41.5 Å². The van der Waals surface area contributed by atoms with Crippen molar-refractivity contribution in [2.75, 3.05) is 0 Å². The zero-order valence-electron chi connectivity index (χ0n) is 12.6. The number of nitrogens with two attached hydrogens (primary N) is 2. The largest absolute Gasteiger partial charge is 0.370 e. The lowest BCUT2D eigenvalue weighted by atomic mass is 9.99. The summed E-state index contributed by atoms with van der Waals surface area (Å²) in [6, 6.07) is 7.80. The number of rotatable bonds is 3. The Morgan fingerprint density at radius 3 is 2.61 bits per heavy atom. The van der Waals surface area contributed by atoms with Gasteiger partial charge in [0, 0.05) is 10.4 Å². The molecule has 3 rings (SSSR count). The average Bonchev–Trinajstić information content (AvgIpc) is 3.15. The number of aliphatic imine (C=N–C) groups is 1. The van der Waals surface area contributed by atoms with E-state index in [-0.39, 0.29) is 11.9 Å². The third-order valence-electron chi connectivity index (χ3n) is 4.09. The Morgan fingerprint density at radius 2 is 1.96 bits per heavy atom. The summed E-state index contributed by atoms with van der Waals surface area (Å²) in [6.45, 7) is 0. The molecule has 0 atom stereocenters. The first-order valence-electron chi connectivity index (χ1n) is 7.54. The summed E-state index contributed by atoms with van der Waals surface area (Å²) < 4.78 is 2.75. The minimum atomic E-state index is -0.440. The molecule has 0 saturated heterocycles. The number of halogens is 1. The molecule has 1 aliphatic rings. The predicted molar refractivity (Wildman–Crippen MR) is 92.6 cm³/mol. The van der Waals surface area contributed by atoms with Crippen molar-refractivity contribution < 1.29 is 4.79 Å². The normalized spacial score (nSPS) is 14.8. The molecule has 1 aliphatic carbocycles. The second kappa shape index (κ2) is 6.54. The van der Waals surface area contributed by atoms with Crippen LogP contribution < -0.4 is 11.5 Å². The van der Waals surface area contributed by atoms with Gasteiger partial charge in [-0.15, -0.1) is 0 Å². The molecule has 4 N–H and O–H groups in total. The van der Waals surface area contributed by atoms with Crippen LogP contribution in [0, 0.1) is 0 Å². The number of para-hydroxylation sites is 1. The second-order valence-electron chi connectivity index (χ2n) is 5.63. The molecule has 1 aromatic heterocycles. The van der Waals surface area contributed by atoms with Crippen molar-refractivity contribution in [2.24, 2.45) is 16.5 Å². The highest BCUT2D eigenvalue weighted by Gasteiger charge is 2.28. The average molecular weight is 376 g/mol. The van der Waals surface area contributed by atoms with Crippen molar-refractivity contribution >= 4 is 27.8 Å². The van der Waals surface area contributed by atoms with Gasteiger partial charge in [-0.25, -0.2) is 4.68 Å². The Hall–Kier alpha value is -2.15. The molecule has 0 unspecified atom stereocenters. The minimum absolute atomic E-state index is 0.235. The maximum atomic E-state index is 12.3. The lowest BCUT2D eigenvalue weighted by Crippen LogP contribution is -2.24. The summed E-state index contributed by atoms with van der Waals surface area (Å²) in [5.41, 5.74) is 13.0. The molecular weight excluding hydrogens is 358 g/mol. The molecule has 120 valence electrons. The molecule has 6 nitrogen and oxygen atoms in total. The molecule has 0 spiro atoms.